The fraction of sp³-hybridized carbons (Fsp3) is 0.733. The number of hydrogen-bond acceptors (Lipinski definition) is 3. The van der Waals surface area contributed by atoms with E-state index in [0.717, 1.165) is 25.9 Å². The van der Waals surface area contributed by atoms with Gasteiger partial charge < -0.3 is 14.2 Å². The number of likely N-dealkylation sites (tertiary alicyclic amines) is 1. The van der Waals surface area contributed by atoms with Crippen LogP contribution in [0.15, 0.2) is 12.5 Å². The predicted molar refractivity (Wildman–Crippen MR) is 75.4 cm³/mol. The van der Waals surface area contributed by atoms with E-state index in [0.29, 0.717) is 11.8 Å². The molecule has 2 aliphatic rings. The Kier molecular flexibility index (Phi) is 3.54. The van der Waals surface area contributed by atoms with E-state index in [-0.39, 0.29) is 11.3 Å². The Bertz CT molecular complexity index is 499. The minimum atomic E-state index is 0.103. The van der Waals surface area contributed by atoms with E-state index in [4.69, 9.17) is 4.74 Å². The lowest BCUT2D eigenvalue weighted by Gasteiger charge is -2.43. The Balaban J connectivity index is 1.79. The molecule has 0 unspecified atom stereocenters. The summed E-state index contributed by atoms with van der Waals surface area (Å²) in [7, 11) is 3.67. The van der Waals surface area contributed by atoms with E-state index < -0.39 is 0 Å². The summed E-state index contributed by atoms with van der Waals surface area (Å²) < 4.78 is 7.49. The van der Waals surface area contributed by atoms with E-state index >= 15 is 0 Å². The molecule has 5 nitrogen and oxygen atoms in total. The van der Waals surface area contributed by atoms with E-state index in [9.17, 15) is 4.79 Å². The Morgan fingerprint density at radius 3 is 2.95 bits per heavy atom. The van der Waals surface area contributed by atoms with Crippen molar-refractivity contribution in [2.75, 3.05) is 20.2 Å². The molecule has 1 aliphatic carbocycles. The summed E-state index contributed by atoms with van der Waals surface area (Å²) in [5.41, 5.74) is 0.857. The molecule has 2 atom stereocenters. The molecule has 5 heteroatoms. The highest BCUT2D eigenvalue weighted by Gasteiger charge is 2.46. The molecule has 1 saturated carbocycles. The van der Waals surface area contributed by atoms with Crippen LogP contribution >= 0.6 is 0 Å². The van der Waals surface area contributed by atoms with Crippen LogP contribution in [0.25, 0.3) is 0 Å². The van der Waals surface area contributed by atoms with Gasteiger partial charge in [-0.3, -0.25) is 4.79 Å². The van der Waals surface area contributed by atoms with Crippen LogP contribution in [0, 0.1) is 5.41 Å². The van der Waals surface area contributed by atoms with Crippen LogP contribution in [-0.2, 0) is 11.8 Å². The third-order valence-corrected chi connectivity index (χ3v) is 5.04. The molecular formula is C15H23N3O2. The zero-order chi connectivity index (χ0) is 14.2. The van der Waals surface area contributed by atoms with Crippen molar-refractivity contribution in [3.05, 3.63) is 18.2 Å². The number of methoxy groups -OCH3 is 1. The number of carbonyl (C=O) groups excluding carboxylic acids is 1. The van der Waals surface area contributed by atoms with Crippen LogP contribution in [-0.4, -0.2) is 46.7 Å². The molecule has 110 valence electrons. The van der Waals surface area contributed by atoms with Crippen molar-refractivity contribution in [3.63, 3.8) is 0 Å². The second kappa shape index (κ2) is 5.20. The highest BCUT2D eigenvalue weighted by atomic mass is 16.5. The van der Waals surface area contributed by atoms with E-state index in [1.54, 1.807) is 24.2 Å². The van der Waals surface area contributed by atoms with Crippen LogP contribution in [0.3, 0.4) is 0 Å². The smallest absolute Gasteiger partial charge is 0.272 e. The monoisotopic (exact) mass is 277 g/mol. The van der Waals surface area contributed by atoms with Gasteiger partial charge in [-0.25, -0.2) is 4.98 Å². The molecule has 0 bridgehead atoms. The van der Waals surface area contributed by atoms with Crippen LogP contribution in [0.2, 0.25) is 0 Å². The van der Waals surface area contributed by atoms with Gasteiger partial charge in [0, 0.05) is 32.7 Å². The van der Waals surface area contributed by atoms with Gasteiger partial charge in [0.2, 0.25) is 0 Å². The minimum absolute atomic E-state index is 0.103. The summed E-state index contributed by atoms with van der Waals surface area (Å²) >= 11 is 0. The van der Waals surface area contributed by atoms with Gasteiger partial charge in [-0.15, -0.1) is 0 Å². The molecule has 1 aromatic rings. The molecule has 20 heavy (non-hydrogen) atoms. The molecule has 1 amide bonds. The first-order valence-corrected chi connectivity index (χ1v) is 7.45. The summed E-state index contributed by atoms with van der Waals surface area (Å²) in [5.74, 6) is 0.103. The molecule has 3 rings (SSSR count). The van der Waals surface area contributed by atoms with Crippen molar-refractivity contribution < 1.29 is 9.53 Å². The molecule has 0 aromatic carbocycles. The number of aromatic nitrogens is 2. The van der Waals surface area contributed by atoms with E-state index in [1.165, 1.54) is 19.3 Å². The lowest BCUT2D eigenvalue weighted by molar-refractivity contribution is -0.0297. The van der Waals surface area contributed by atoms with Gasteiger partial charge in [0.05, 0.1) is 18.6 Å². The van der Waals surface area contributed by atoms with Crippen molar-refractivity contribution in [2.24, 2.45) is 12.5 Å². The standard InChI is InChI=1S/C15H23N3O2/c1-17-11-16-9-12(17)14(19)18-8-4-7-15(10-18)6-3-5-13(15)20-2/h9,11,13H,3-8,10H2,1-2H3/t13-,15+/m1/s1. The number of piperidine rings is 1. The quantitative estimate of drug-likeness (QED) is 0.828. The normalized spacial score (nSPS) is 30.1. The Morgan fingerprint density at radius 2 is 2.25 bits per heavy atom. The molecule has 1 saturated heterocycles. The lowest BCUT2D eigenvalue weighted by Crippen LogP contribution is -2.50. The number of nitrogens with zero attached hydrogens (tertiary/aromatic N) is 3. The first-order chi connectivity index (χ1) is 9.66. The maximum atomic E-state index is 12.6. The third kappa shape index (κ3) is 2.14. The summed E-state index contributed by atoms with van der Waals surface area (Å²) in [5, 5.41) is 0. The van der Waals surface area contributed by atoms with Crippen molar-refractivity contribution in [1.29, 1.82) is 0 Å². The topological polar surface area (TPSA) is 47.4 Å². The Morgan fingerprint density at radius 1 is 1.45 bits per heavy atom. The number of aryl methyl sites for hydroxylation is 1. The van der Waals surface area contributed by atoms with Crippen molar-refractivity contribution in [2.45, 2.75) is 38.2 Å². The maximum absolute atomic E-state index is 12.6. The second-order valence-electron chi connectivity index (χ2n) is 6.20. The van der Waals surface area contributed by atoms with Gasteiger partial charge in [0.1, 0.15) is 5.69 Å². The summed E-state index contributed by atoms with van der Waals surface area (Å²) in [4.78, 5) is 18.7. The highest BCUT2D eigenvalue weighted by Crippen LogP contribution is 2.46. The molecule has 2 fully saturated rings. The summed E-state index contributed by atoms with van der Waals surface area (Å²) in [6.07, 6.45) is 9.43. The zero-order valence-electron chi connectivity index (χ0n) is 12.3. The molecule has 0 N–H and O–H groups in total. The summed E-state index contributed by atoms with van der Waals surface area (Å²) in [6.45, 7) is 1.68. The van der Waals surface area contributed by atoms with Gasteiger partial charge in [0.25, 0.3) is 5.91 Å². The number of ether oxygens (including phenoxy) is 1. The Labute approximate surface area is 119 Å². The number of hydrogen-bond donors (Lipinski definition) is 0. The van der Waals surface area contributed by atoms with Gasteiger partial charge in [-0.2, -0.15) is 0 Å². The van der Waals surface area contributed by atoms with Gasteiger partial charge in [-0.1, -0.05) is 6.42 Å². The van der Waals surface area contributed by atoms with E-state index in [2.05, 4.69) is 4.98 Å². The number of amides is 1. The molecule has 0 radical (unpaired) electrons. The Hall–Kier alpha value is -1.36. The first-order valence-electron chi connectivity index (χ1n) is 7.45. The van der Waals surface area contributed by atoms with Crippen LogP contribution < -0.4 is 0 Å². The molecule has 2 heterocycles. The lowest BCUT2D eigenvalue weighted by atomic mass is 9.76. The SMILES string of the molecule is CO[C@@H]1CCC[C@@]12CCCN(C(=O)c1cncn1C)C2. The van der Waals surface area contributed by atoms with Gasteiger partial charge in [-0.05, 0) is 25.7 Å². The number of imidazole rings is 1. The fourth-order valence-corrected chi connectivity index (χ4v) is 4.00. The summed E-state index contributed by atoms with van der Waals surface area (Å²) in [6, 6.07) is 0. The largest absolute Gasteiger partial charge is 0.381 e. The molecular weight excluding hydrogens is 254 g/mol. The fourth-order valence-electron chi connectivity index (χ4n) is 4.00. The van der Waals surface area contributed by atoms with Crippen LogP contribution in [0.5, 0.6) is 0 Å². The highest BCUT2D eigenvalue weighted by molar-refractivity contribution is 5.92. The second-order valence-corrected chi connectivity index (χ2v) is 6.20. The van der Waals surface area contributed by atoms with Crippen molar-refractivity contribution in [3.8, 4) is 0 Å². The zero-order valence-corrected chi connectivity index (χ0v) is 12.3. The van der Waals surface area contributed by atoms with Crippen molar-refractivity contribution in [1.82, 2.24) is 14.5 Å². The van der Waals surface area contributed by atoms with E-state index in [1.807, 2.05) is 11.9 Å². The molecule has 1 aromatic heterocycles. The average molecular weight is 277 g/mol. The minimum Gasteiger partial charge on any atom is -0.381 e. The third-order valence-electron chi connectivity index (χ3n) is 5.04. The van der Waals surface area contributed by atoms with Crippen LogP contribution in [0.1, 0.15) is 42.6 Å². The van der Waals surface area contributed by atoms with Crippen LogP contribution in [0.4, 0.5) is 0 Å². The molecule has 1 spiro atoms. The first kappa shape index (κ1) is 13.6. The van der Waals surface area contributed by atoms with Gasteiger partial charge >= 0.3 is 0 Å². The number of rotatable bonds is 2. The predicted octanol–water partition coefficient (Wildman–Crippen LogP) is 1.84. The number of carbonyl (C=O) groups is 1. The molecule has 1 aliphatic heterocycles. The maximum Gasteiger partial charge on any atom is 0.272 e. The van der Waals surface area contributed by atoms with Gasteiger partial charge in [0.15, 0.2) is 0 Å². The average Bonchev–Trinajstić information content (AvgIpc) is 3.04. The van der Waals surface area contributed by atoms with Crippen molar-refractivity contribution >= 4 is 5.91 Å².